The topological polar surface area (TPSA) is 76.8 Å². The lowest BCUT2D eigenvalue weighted by Gasteiger charge is -2.36. The first-order valence-electron chi connectivity index (χ1n) is 9.62. The Morgan fingerprint density at radius 1 is 1.27 bits per heavy atom. The van der Waals surface area contributed by atoms with Gasteiger partial charge in [-0.1, -0.05) is 6.58 Å². The minimum absolute atomic E-state index is 0.0100. The summed E-state index contributed by atoms with van der Waals surface area (Å²) in [5.74, 6) is 0.875. The molecule has 0 amide bonds. The van der Waals surface area contributed by atoms with Crippen LogP contribution in [-0.2, 0) is 6.54 Å². The van der Waals surface area contributed by atoms with Gasteiger partial charge in [-0.3, -0.25) is 0 Å². The normalized spacial score (nSPS) is 21.4. The molecule has 3 aromatic heterocycles. The minimum atomic E-state index is -1.32. The molecule has 2 bridgehead atoms. The molecule has 0 saturated heterocycles. The molecule has 10 heteroatoms. The molecule has 8 nitrogen and oxygen atoms in total. The van der Waals surface area contributed by atoms with Crippen LogP contribution in [0.15, 0.2) is 31.2 Å². The van der Waals surface area contributed by atoms with Gasteiger partial charge in [-0.15, -0.1) is 0 Å². The Balaban J connectivity index is 1.67. The lowest BCUT2D eigenvalue weighted by Crippen LogP contribution is -2.41. The van der Waals surface area contributed by atoms with Gasteiger partial charge in [-0.25, -0.2) is 23.3 Å². The largest absolute Gasteiger partial charge is 0.486 e. The van der Waals surface area contributed by atoms with Crippen LogP contribution in [-0.4, -0.2) is 51.6 Å². The van der Waals surface area contributed by atoms with Crippen LogP contribution in [0, 0.1) is 5.82 Å². The number of nitrogens with one attached hydrogen (secondary N) is 1. The van der Waals surface area contributed by atoms with Gasteiger partial charge in [-0.2, -0.15) is 5.10 Å². The van der Waals surface area contributed by atoms with E-state index < -0.39 is 12.0 Å². The fraction of sp³-hybridized carbons (Fsp3) is 0.350. The minimum Gasteiger partial charge on any atom is -0.486 e. The number of hydrogen-bond acceptors (Lipinski definition) is 7. The van der Waals surface area contributed by atoms with Gasteiger partial charge in [0, 0.05) is 17.8 Å². The van der Waals surface area contributed by atoms with Crippen LogP contribution < -0.4 is 19.7 Å². The number of ether oxygens (including phenoxy) is 2. The molecule has 5 rings (SSSR count). The number of rotatable bonds is 0. The van der Waals surface area contributed by atoms with Crippen LogP contribution in [0.1, 0.15) is 18.1 Å². The summed E-state index contributed by atoms with van der Waals surface area (Å²) in [5, 5.41) is 7.29. The number of pyridine rings is 1. The first kappa shape index (κ1) is 18.6. The van der Waals surface area contributed by atoms with Crippen LogP contribution in [0.4, 0.5) is 14.6 Å². The molecule has 0 spiro atoms. The molecule has 0 fully saturated rings. The van der Waals surface area contributed by atoms with Crippen LogP contribution >= 0.6 is 0 Å². The Kier molecular flexibility index (Phi) is 4.41. The van der Waals surface area contributed by atoms with Gasteiger partial charge < -0.3 is 19.7 Å². The summed E-state index contributed by atoms with van der Waals surface area (Å²) in [7, 11) is 0. The van der Waals surface area contributed by atoms with Crippen LogP contribution in [0.5, 0.6) is 11.6 Å². The van der Waals surface area contributed by atoms with Gasteiger partial charge in [0.05, 0.1) is 36.7 Å². The number of fused-ring (bicyclic) bond motifs is 1. The summed E-state index contributed by atoms with van der Waals surface area (Å²) >= 11 is 0. The van der Waals surface area contributed by atoms with Crippen molar-refractivity contribution < 1.29 is 18.3 Å². The van der Waals surface area contributed by atoms with Gasteiger partial charge in [0.2, 0.25) is 5.88 Å². The predicted octanol–water partition coefficient (Wildman–Crippen LogP) is 2.34. The zero-order valence-corrected chi connectivity index (χ0v) is 16.3. The number of halogens is 2. The van der Waals surface area contributed by atoms with E-state index in [1.807, 2.05) is 11.8 Å². The van der Waals surface area contributed by atoms with E-state index in [0.717, 1.165) is 6.20 Å². The van der Waals surface area contributed by atoms with Crippen molar-refractivity contribution in [2.75, 3.05) is 24.7 Å². The molecule has 0 radical (unpaired) electrons. The molecule has 1 N–H and O–H groups in total. The van der Waals surface area contributed by atoms with Gasteiger partial charge >= 0.3 is 0 Å². The van der Waals surface area contributed by atoms with Crippen molar-refractivity contribution in [2.24, 2.45) is 0 Å². The highest BCUT2D eigenvalue weighted by Gasteiger charge is 2.29. The highest BCUT2D eigenvalue weighted by molar-refractivity contribution is 5.75. The zero-order chi connectivity index (χ0) is 20.8. The third-order valence-electron chi connectivity index (χ3n) is 5.22. The van der Waals surface area contributed by atoms with E-state index in [9.17, 15) is 8.78 Å². The average Bonchev–Trinajstić information content (AvgIpc) is 3.14. The molecule has 0 aromatic carbocycles. The van der Waals surface area contributed by atoms with Crippen molar-refractivity contribution in [1.82, 2.24) is 24.9 Å². The number of aromatic nitrogens is 4. The first-order valence-corrected chi connectivity index (χ1v) is 9.62. The Bertz CT molecular complexity index is 1130. The smallest absolute Gasteiger partial charge is 0.218 e. The summed E-state index contributed by atoms with van der Waals surface area (Å²) in [6.07, 6.45) is 3.12. The fourth-order valence-electron chi connectivity index (χ4n) is 3.60. The Morgan fingerprint density at radius 3 is 3.00 bits per heavy atom. The molecule has 2 aliphatic heterocycles. The second-order valence-corrected chi connectivity index (χ2v) is 7.43. The standard InChI is InChI=1S/C20H20F2N6O2/c1-11-9-29-17-8-28-18-16(6-25-28)12(2)23-5-15(22)10-30-20-13(3-14(21)4-24-20)7-27(11)19(17)26-18/h3-4,6,8,11,15,23H,2,5,7,9-10H2,1H3/t11-,15-/m1/s1. The van der Waals surface area contributed by atoms with Crippen LogP contribution in [0.25, 0.3) is 11.3 Å². The monoisotopic (exact) mass is 414 g/mol. The highest BCUT2D eigenvalue weighted by atomic mass is 19.1. The molecular weight excluding hydrogens is 394 g/mol. The van der Waals surface area contributed by atoms with E-state index in [4.69, 9.17) is 14.5 Å². The molecule has 0 saturated carbocycles. The zero-order valence-electron chi connectivity index (χ0n) is 16.3. The quantitative estimate of drug-likeness (QED) is 0.605. The molecule has 2 atom stereocenters. The number of anilines is 1. The molecule has 5 heterocycles. The second-order valence-electron chi connectivity index (χ2n) is 7.43. The van der Waals surface area contributed by atoms with Crippen molar-refractivity contribution >= 4 is 17.2 Å². The van der Waals surface area contributed by atoms with E-state index in [-0.39, 0.29) is 31.6 Å². The van der Waals surface area contributed by atoms with E-state index in [1.54, 1.807) is 16.9 Å². The maximum absolute atomic E-state index is 14.4. The Morgan fingerprint density at radius 2 is 2.13 bits per heavy atom. The molecule has 3 aromatic rings. The second kappa shape index (κ2) is 7.12. The summed E-state index contributed by atoms with van der Waals surface area (Å²) in [6.45, 7) is 6.45. The average molecular weight is 414 g/mol. The predicted molar refractivity (Wildman–Crippen MR) is 106 cm³/mol. The third kappa shape index (κ3) is 3.17. The molecule has 0 aliphatic carbocycles. The lowest BCUT2D eigenvalue weighted by atomic mass is 10.1. The van der Waals surface area contributed by atoms with E-state index in [2.05, 4.69) is 22.0 Å². The lowest BCUT2D eigenvalue weighted by molar-refractivity contribution is 0.189. The Hall–Kier alpha value is -3.43. The molecule has 156 valence electrons. The molecule has 0 unspecified atom stereocenters. The summed E-state index contributed by atoms with van der Waals surface area (Å²) in [5.41, 5.74) is 2.24. The van der Waals surface area contributed by atoms with Crippen molar-refractivity contribution in [3.8, 4) is 11.6 Å². The first-order chi connectivity index (χ1) is 14.5. The van der Waals surface area contributed by atoms with Gasteiger partial charge in [-0.05, 0) is 13.0 Å². The Labute approximate surface area is 171 Å². The maximum Gasteiger partial charge on any atom is 0.218 e. The van der Waals surface area contributed by atoms with Gasteiger partial charge in [0.25, 0.3) is 0 Å². The molecule has 30 heavy (non-hydrogen) atoms. The van der Waals surface area contributed by atoms with Crippen molar-refractivity contribution in [3.63, 3.8) is 0 Å². The number of alkyl halides is 1. The van der Waals surface area contributed by atoms with Crippen LogP contribution in [0.2, 0.25) is 0 Å². The summed E-state index contributed by atoms with van der Waals surface area (Å²) in [6, 6.07) is 1.31. The van der Waals surface area contributed by atoms with Crippen molar-refractivity contribution in [2.45, 2.75) is 25.7 Å². The van der Waals surface area contributed by atoms with Gasteiger partial charge in [0.1, 0.15) is 19.0 Å². The summed E-state index contributed by atoms with van der Waals surface area (Å²) < 4.78 is 41.4. The molecular formula is C20H20F2N6O2. The van der Waals surface area contributed by atoms with Gasteiger partial charge in [0.15, 0.2) is 23.4 Å². The SMILES string of the molecule is C=C1NC[C@@H](F)COc2ncc(F)cc2CN2c3nc4c1cnn4cc3OC[C@H]2C. The van der Waals surface area contributed by atoms with Crippen LogP contribution in [0.3, 0.4) is 0 Å². The maximum atomic E-state index is 14.4. The van der Waals surface area contributed by atoms with Crippen molar-refractivity contribution in [3.05, 3.63) is 48.2 Å². The number of nitrogens with zero attached hydrogens (tertiary/aromatic N) is 5. The molecule has 2 aliphatic rings. The van der Waals surface area contributed by atoms with E-state index in [1.165, 1.54) is 6.07 Å². The highest BCUT2D eigenvalue weighted by Crippen LogP contribution is 2.35. The van der Waals surface area contributed by atoms with Crippen molar-refractivity contribution in [1.29, 1.82) is 0 Å². The van der Waals surface area contributed by atoms with E-state index in [0.29, 0.717) is 40.6 Å². The number of hydrogen-bond donors (Lipinski definition) is 1. The fourth-order valence-corrected chi connectivity index (χ4v) is 3.60. The third-order valence-corrected chi connectivity index (χ3v) is 5.22. The van der Waals surface area contributed by atoms with E-state index >= 15 is 0 Å². The summed E-state index contributed by atoms with van der Waals surface area (Å²) in [4.78, 5) is 10.8.